The number of halogens is 3. The number of anilines is 1. The Balaban J connectivity index is 1.80. The van der Waals surface area contributed by atoms with Crippen molar-refractivity contribution < 1.29 is 33.0 Å². The molecule has 3 aromatic rings. The maximum absolute atomic E-state index is 14.2. The van der Waals surface area contributed by atoms with E-state index in [1.54, 1.807) is 38.1 Å². The van der Waals surface area contributed by atoms with Crippen molar-refractivity contribution in [2.75, 3.05) is 4.90 Å². The van der Waals surface area contributed by atoms with Crippen molar-refractivity contribution in [3.05, 3.63) is 83.4 Å². The van der Waals surface area contributed by atoms with Crippen molar-refractivity contribution in [1.29, 1.82) is 0 Å². The van der Waals surface area contributed by atoms with Crippen LogP contribution in [0.15, 0.2) is 65.8 Å². The molecule has 1 aliphatic rings. The van der Waals surface area contributed by atoms with Gasteiger partial charge < -0.3 is 15.5 Å². The highest BCUT2D eigenvalue weighted by Gasteiger charge is 2.58. The molecule has 2 atom stereocenters. The SMILES string of the molecule is CC(c1ccnc(CO)c1)C1(C(C)c2ccnc(CO)c2)NC(=O)N(c2ccc(SC(F)(F)F)cc2)C1=O. The average Bonchev–Trinajstić information content (AvgIpc) is 3.17. The Labute approximate surface area is 220 Å². The number of aromatic nitrogens is 2. The number of amides is 3. The van der Waals surface area contributed by atoms with Crippen molar-refractivity contribution in [2.45, 2.75) is 54.8 Å². The van der Waals surface area contributed by atoms with E-state index in [1.807, 2.05) is 0 Å². The molecule has 38 heavy (non-hydrogen) atoms. The Morgan fingerprint density at radius 2 is 1.42 bits per heavy atom. The molecule has 3 amide bonds. The molecule has 0 bridgehead atoms. The number of nitrogens with one attached hydrogen (secondary N) is 1. The van der Waals surface area contributed by atoms with Crippen LogP contribution < -0.4 is 10.2 Å². The Hall–Kier alpha value is -3.48. The van der Waals surface area contributed by atoms with Crippen LogP contribution >= 0.6 is 11.8 Å². The van der Waals surface area contributed by atoms with E-state index in [-0.39, 0.29) is 35.6 Å². The van der Waals surface area contributed by atoms with Crippen LogP contribution in [0.1, 0.15) is 48.2 Å². The van der Waals surface area contributed by atoms with E-state index in [9.17, 15) is 33.0 Å². The first-order chi connectivity index (χ1) is 18.0. The third kappa shape index (κ3) is 5.24. The number of alkyl halides is 3. The summed E-state index contributed by atoms with van der Waals surface area (Å²) in [6.07, 6.45) is 3.00. The fourth-order valence-electron chi connectivity index (χ4n) is 4.79. The van der Waals surface area contributed by atoms with E-state index in [2.05, 4.69) is 15.3 Å². The number of aliphatic hydroxyl groups excluding tert-OH is 2. The lowest BCUT2D eigenvalue weighted by Gasteiger charge is -2.39. The number of aliphatic hydroxyl groups is 2. The average molecular weight is 547 g/mol. The first-order valence-electron chi connectivity index (χ1n) is 11.6. The van der Waals surface area contributed by atoms with Crippen LogP contribution in [0.3, 0.4) is 0 Å². The van der Waals surface area contributed by atoms with Gasteiger partial charge in [0, 0.05) is 29.1 Å². The van der Waals surface area contributed by atoms with Crippen molar-refractivity contribution in [2.24, 2.45) is 0 Å². The van der Waals surface area contributed by atoms with Crippen LogP contribution in [0.2, 0.25) is 0 Å². The highest BCUT2D eigenvalue weighted by Crippen LogP contribution is 2.45. The van der Waals surface area contributed by atoms with Gasteiger partial charge in [-0.15, -0.1) is 0 Å². The highest BCUT2D eigenvalue weighted by atomic mass is 32.2. The van der Waals surface area contributed by atoms with Gasteiger partial charge in [0.2, 0.25) is 0 Å². The van der Waals surface area contributed by atoms with E-state index >= 15 is 0 Å². The van der Waals surface area contributed by atoms with Crippen LogP contribution in [0.4, 0.5) is 23.7 Å². The van der Waals surface area contributed by atoms with Gasteiger partial charge in [0.05, 0.1) is 30.3 Å². The summed E-state index contributed by atoms with van der Waals surface area (Å²) in [6, 6.07) is 10.9. The fourth-order valence-corrected chi connectivity index (χ4v) is 5.33. The summed E-state index contributed by atoms with van der Waals surface area (Å²) < 4.78 is 38.3. The largest absolute Gasteiger partial charge is 0.446 e. The smallest absolute Gasteiger partial charge is 0.390 e. The maximum Gasteiger partial charge on any atom is 0.446 e. The molecule has 12 heteroatoms. The quantitative estimate of drug-likeness (QED) is 0.282. The molecule has 1 aromatic carbocycles. The summed E-state index contributed by atoms with van der Waals surface area (Å²) in [6.45, 7) is 2.90. The molecular formula is C26H25F3N4O4S. The van der Waals surface area contributed by atoms with E-state index in [0.29, 0.717) is 22.5 Å². The second-order valence-corrected chi connectivity index (χ2v) is 10.0. The molecule has 2 aromatic heterocycles. The molecule has 0 radical (unpaired) electrons. The number of urea groups is 1. The molecule has 4 rings (SSSR count). The molecule has 3 N–H and O–H groups in total. The van der Waals surface area contributed by atoms with Crippen LogP contribution in [0, 0.1) is 0 Å². The third-order valence-corrected chi connectivity index (χ3v) is 7.51. The van der Waals surface area contributed by atoms with Gasteiger partial charge in [-0.3, -0.25) is 14.8 Å². The zero-order valence-electron chi connectivity index (χ0n) is 20.4. The van der Waals surface area contributed by atoms with Gasteiger partial charge in [0.25, 0.3) is 5.91 Å². The normalized spacial score (nSPS) is 19.4. The van der Waals surface area contributed by atoms with Gasteiger partial charge in [0.1, 0.15) is 5.54 Å². The topological polar surface area (TPSA) is 116 Å². The van der Waals surface area contributed by atoms with E-state index in [4.69, 9.17) is 0 Å². The van der Waals surface area contributed by atoms with Gasteiger partial charge in [-0.2, -0.15) is 13.2 Å². The third-order valence-electron chi connectivity index (χ3n) is 6.77. The zero-order chi connectivity index (χ0) is 27.7. The molecule has 0 aliphatic carbocycles. The summed E-state index contributed by atoms with van der Waals surface area (Å²) in [5.41, 5.74) is -3.84. The minimum absolute atomic E-state index is 0.0806. The molecule has 2 unspecified atom stereocenters. The van der Waals surface area contributed by atoms with Crippen LogP contribution in [-0.2, 0) is 18.0 Å². The maximum atomic E-state index is 14.2. The first-order valence-corrected chi connectivity index (χ1v) is 12.5. The lowest BCUT2D eigenvalue weighted by atomic mass is 9.69. The molecule has 3 heterocycles. The van der Waals surface area contributed by atoms with Crippen molar-refractivity contribution in [3.63, 3.8) is 0 Å². The van der Waals surface area contributed by atoms with Gasteiger partial charge in [-0.05, 0) is 71.4 Å². The number of imide groups is 1. The second kappa shape index (κ2) is 10.7. The molecule has 1 fully saturated rings. The van der Waals surface area contributed by atoms with Crippen LogP contribution in [0.5, 0.6) is 0 Å². The number of hydrogen-bond donors (Lipinski definition) is 3. The molecule has 200 valence electrons. The number of hydrogen-bond acceptors (Lipinski definition) is 7. The Kier molecular flexibility index (Phi) is 7.77. The minimum Gasteiger partial charge on any atom is -0.390 e. The fraction of sp³-hybridized carbons (Fsp3) is 0.308. The van der Waals surface area contributed by atoms with Crippen molar-refractivity contribution in [1.82, 2.24) is 15.3 Å². The number of nitrogens with zero attached hydrogens (tertiary/aromatic N) is 3. The molecular weight excluding hydrogens is 521 g/mol. The Bertz CT molecular complexity index is 1280. The van der Waals surface area contributed by atoms with E-state index < -0.39 is 34.8 Å². The Morgan fingerprint density at radius 1 is 0.921 bits per heavy atom. The van der Waals surface area contributed by atoms with Crippen molar-refractivity contribution >= 4 is 29.4 Å². The Morgan fingerprint density at radius 3 is 1.87 bits per heavy atom. The summed E-state index contributed by atoms with van der Waals surface area (Å²) in [4.78, 5) is 36.6. The molecule has 1 saturated heterocycles. The summed E-state index contributed by atoms with van der Waals surface area (Å²) in [5, 5.41) is 22.0. The lowest BCUT2D eigenvalue weighted by Crippen LogP contribution is -2.55. The predicted octanol–water partition coefficient (Wildman–Crippen LogP) is 4.48. The zero-order valence-corrected chi connectivity index (χ0v) is 21.3. The molecule has 8 nitrogen and oxygen atoms in total. The summed E-state index contributed by atoms with van der Waals surface area (Å²) >= 11 is -0.292. The first kappa shape index (κ1) is 27.6. The standard InChI is InChI=1S/C26H25F3N4O4S/c1-15(17-7-9-30-19(11-17)13-34)25(16(2)18-8-10-31-20(12-18)14-35)23(36)33(24(37)32-25)21-3-5-22(6-4-21)38-26(27,28)29/h3-12,15-16,34-35H,13-14H2,1-2H3,(H,32,37). The number of thioether (sulfide) groups is 1. The lowest BCUT2D eigenvalue weighted by molar-refractivity contribution is -0.123. The monoisotopic (exact) mass is 546 g/mol. The minimum atomic E-state index is -4.47. The van der Waals surface area contributed by atoms with Crippen molar-refractivity contribution in [3.8, 4) is 0 Å². The van der Waals surface area contributed by atoms with Crippen LogP contribution in [0.25, 0.3) is 0 Å². The number of carbonyl (C=O) groups excluding carboxylic acids is 2. The van der Waals surface area contributed by atoms with Gasteiger partial charge in [-0.25, -0.2) is 9.69 Å². The van der Waals surface area contributed by atoms with Crippen LogP contribution in [-0.4, -0.2) is 43.2 Å². The van der Waals surface area contributed by atoms with E-state index in [0.717, 1.165) is 4.90 Å². The summed E-state index contributed by atoms with van der Waals surface area (Å²) in [5.74, 6) is -1.85. The van der Waals surface area contributed by atoms with Gasteiger partial charge >= 0.3 is 11.5 Å². The highest BCUT2D eigenvalue weighted by molar-refractivity contribution is 8.00. The number of pyridine rings is 2. The summed E-state index contributed by atoms with van der Waals surface area (Å²) in [7, 11) is 0. The number of benzene rings is 1. The van der Waals surface area contributed by atoms with E-state index in [1.165, 1.54) is 36.7 Å². The molecule has 1 aliphatic heterocycles. The molecule has 0 saturated carbocycles. The second-order valence-electron chi connectivity index (χ2n) is 8.90. The van der Waals surface area contributed by atoms with Gasteiger partial charge in [0.15, 0.2) is 0 Å². The predicted molar refractivity (Wildman–Crippen MR) is 134 cm³/mol. The molecule has 0 spiro atoms. The van der Waals surface area contributed by atoms with Gasteiger partial charge in [-0.1, -0.05) is 13.8 Å². The number of carbonyl (C=O) groups is 2. The number of rotatable bonds is 8.